The van der Waals surface area contributed by atoms with Crippen molar-refractivity contribution in [2.45, 2.75) is 83.6 Å². The lowest BCUT2D eigenvalue weighted by atomic mass is 10.1. The number of hydrogen-bond donors (Lipinski definition) is 1. The zero-order chi connectivity index (χ0) is 12.2. The zero-order valence-electron chi connectivity index (χ0n) is 11.7. The summed E-state index contributed by atoms with van der Waals surface area (Å²) in [6, 6.07) is 0.867. The molecule has 1 saturated carbocycles. The molecule has 1 fully saturated rings. The molecule has 0 aromatic carbocycles. The minimum atomic E-state index is 0.867. The van der Waals surface area contributed by atoms with Gasteiger partial charge in [0.15, 0.2) is 0 Å². The molecule has 1 heteroatoms. The molecule has 0 unspecified atom stereocenters. The van der Waals surface area contributed by atoms with Gasteiger partial charge in [0.05, 0.1) is 0 Å². The Bertz CT molecular complexity index is 182. The summed E-state index contributed by atoms with van der Waals surface area (Å²) >= 11 is 0. The van der Waals surface area contributed by atoms with Gasteiger partial charge in [-0.2, -0.15) is 0 Å². The maximum atomic E-state index is 3.54. The highest BCUT2D eigenvalue weighted by molar-refractivity contribution is 4.85. The third kappa shape index (κ3) is 10.6. The van der Waals surface area contributed by atoms with E-state index in [0.29, 0.717) is 0 Å². The van der Waals surface area contributed by atoms with Gasteiger partial charge in [0.1, 0.15) is 0 Å². The molecule has 0 saturated heterocycles. The van der Waals surface area contributed by atoms with Crippen LogP contribution in [0.2, 0.25) is 0 Å². The monoisotopic (exact) mass is 237 g/mol. The van der Waals surface area contributed by atoms with Crippen molar-refractivity contribution in [3.63, 3.8) is 0 Å². The molecular weight excluding hydrogens is 206 g/mol. The summed E-state index contributed by atoms with van der Waals surface area (Å²) in [7, 11) is 0. The normalized spacial score (nSPS) is 15.8. The predicted octanol–water partition coefficient (Wildman–Crippen LogP) is 4.83. The second-order valence-electron chi connectivity index (χ2n) is 5.40. The van der Waals surface area contributed by atoms with E-state index in [1.54, 1.807) is 0 Å². The van der Waals surface area contributed by atoms with Crippen molar-refractivity contribution >= 4 is 0 Å². The average Bonchev–Trinajstić information content (AvgIpc) is 3.15. The van der Waals surface area contributed by atoms with Gasteiger partial charge in [-0.15, -0.1) is 0 Å². The zero-order valence-corrected chi connectivity index (χ0v) is 11.7. The summed E-state index contributed by atoms with van der Waals surface area (Å²) in [5.41, 5.74) is 0. The molecule has 0 aromatic rings. The number of unbranched alkanes of at least 4 members (excludes halogenated alkanes) is 7. The fraction of sp³-hybridized carbons (Fsp3) is 0.875. The van der Waals surface area contributed by atoms with Crippen LogP contribution >= 0.6 is 0 Å². The van der Waals surface area contributed by atoms with Crippen molar-refractivity contribution in [3.05, 3.63) is 12.2 Å². The molecule has 0 spiro atoms. The second-order valence-corrected chi connectivity index (χ2v) is 5.40. The van der Waals surface area contributed by atoms with E-state index in [9.17, 15) is 0 Å². The fourth-order valence-electron chi connectivity index (χ4n) is 2.11. The third-order valence-electron chi connectivity index (χ3n) is 3.46. The van der Waals surface area contributed by atoms with Crippen LogP contribution in [0, 0.1) is 0 Å². The van der Waals surface area contributed by atoms with Gasteiger partial charge >= 0.3 is 0 Å². The van der Waals surface area contributed by atoms with Crippen molar-refractivity contribution in [2.24, 2.45) is 0 Å². The van der Waals surface area contributed by atoms with Crippen LogP contribution in [-0.4, -0.2) is 12.6 Å². The Morgan fingerprint density at radius 2 is 1.53 bits per heavy atom. The minimum absolute atomic E-state index is 0.867. The number of hydrogen-bond acceptors (Lipinski definition) is 1. The maximum Gasteiger partial charge on any atom is 0.00683 e. The van der Waals surface area contributed by atoms with Gasteiger partial charge in [-0.3, -0.25) is 0 Å². The van der Waals surface area contributed by atoms with Gasteiger partial charge in [-0.1, -0.05) is 57.6 Å². The lowest BCUT2D eigenvalue weighted by Crippen LogP contribution is -2.16. The Morgan fingerprint density at radius 3 is 2.24 bits per heavy atom. The molecular formula is C16H31N. The minimum Gasteiger partial charge on any atom is -0.314 e. The van der Waals surface area contributed by atoms with Crippen molar-refractivity contribution in [2.75, 3.05) is 6.54 Å². The summed E-state index contributed by atoms with van der Waals surface area (Å²) in [6.45, 7) is 3.46. The Labute approximate surface area is 108 Å². The molecule has 17 heavy (non-hydrogen) atoms. The molecule has 1 aliphatic rings. The van der Waals surface area contributed by atoms with Crippen LogP contribution in [-0.2, 0) is 0 Å². The fourth-order valence-corrected chi connectivity index (χ4v) is 2.11. The Kier molecular flexibility index (Phi) is 9.40. The van der Waals surface area contributed by atoms with E-state index in [0.717, 1.165) is 6.04 Å². The molecule has 1 aliphatic carbocycles. The highest BCUT2D eigenvalue weighted by Gasteiger charge is 2.19. The summed E-state index contributed by atoms with van der Waals surface area (Å²) in [5, 5.41) is 3.54. The van der Waals surface area contributed by atoms with Crippen LogP contribution in [0.3, 0.4) is 0 Å². The van der Waals surface area contributed by atoms with Crippen LogP contribution in [0.4, 0.5) is 0 Å². The highest BCUT2D eigenvalue weighted by atomic mass is 14.9. The molecule has 1 N–H and O–H groups in total. The van der Waals surface area contributed by atoms with Gasteiger partial charge in [0, 0.05) is 6.04 Å². The molecule has 0 heterocycles. The first-order valence-corrected chi connectivity index (χ1v) is 7.82. The van der Waals surface area contributed by atoms with Crippen LogP contribution in [0.25, 0.3) is 0 Å². The standard InChI is InChI=1S/C16H31N/c1-2-3-4-5-6-7-8-9-10-11-12-15-17-16-13-14-16/h10-11,16-17H,2-9,12-15H2,1H3. The van der Waals surface area contributed by atoms with E-state index >= 15 is 0 Å². The van der Waals surface area contributed by atoms with Gasteiger partial charge in [-0.25, -0.2) is 0 Å². The van der Waals surface area contributed by atoms with E-state index in [1.807, 2.05) is 0 Å². The van der Waals surface area contributed by atoms with Crippen molar-refractivity contribution in [1.29, 1.82) is 0 Å². The van der Waals surface area contributed by atoms with E-state index in [1.165, 1.54) is 77.2 Å². The second kappa shape index (κ2) is 10.8. The van der Waals surface area contributed by atoms with Gasteiger partial charge in [0.25, 0.3) is 0 Å². The Hall–Kier alpha value is -0.300. The summed E-state index contributed by atoms with van der Waals surface area (Å²) < 4.78 is 0. The van der Waals surface area contributed by atoms with Crippen LogP contribution in [0.15, 0.2) is 12.2 Å². The van der Waals surface area contributed by atoms with Crippen LogP contribution in [0.5, 0.6) is 0 Å². The topological polar surface area (TPSA) is 12.0 Å². The molecule has 0 bridgehead atoms. The molecule has 0 atom stereocenters. The first-order chi connectivity index (χ1) is 8.43. The van der Waals surface area contributed by atoms with Crippen molar-refractivity contribution in [1.82, 2.24) is 5.32 Å². The number of rotatable bonds is 12. The Morgan fingerprint density at radius 1 is 0.882 bits per heavy atom. The van der Waals surface area contributed by atoms with Crippen molar-refractivity contribution < 1.29 is 0 Å². The molecule has 1 nitrogen and oxygen atoms in total. The maximum absolute atomic E-state index is 3.54. The summed E-state index contributed by atoms with van der Waals surface area (Å²) in [4.78, 5) is 0. The number of nitrogens with one attached hydrogen (secondary N) is 1. The molecule has 0 radical (unpaired) electrons. The lowest BCUT2D eigenvalue weighted by molar-refractivity contribution is 0.592. The van der Waals surface area contributed by atoms with E-state index in [4.69, 9.17) is 0 Å². The predicted molar refractivity (Wildman–Crippen MR) is 77.4 cm³/mol. The SMILES string of the molecule is CCCCCCCCCC=CCCNC1CC1. The summed E-state index contributed by atoms with van der Waals surface area (Å²) in [5.74, 6) is 0. The van der Waals surface area contributed by atoms with Crippen LogP contribution in [0.1, 0.15) is 77.6 Å². The molecule has 0 amide bonds. The van der Waals surface area contributed by atoms with Crippen LogP contribution < -0.4 is 5.32 Å². The molecule has 1 rings (SSSR count). The molecule has 0 aliphatic heterocycles. The quantitative estimate of drug-likeness (QED) is 0.379. The van der Waals surface area contributed by atoms with E-state index in [-0.39, 0.29) is 0 Å². The van der Waals surface area contributed by atoms with Crippen molar-refractivity contribution in [3.8, 4) is 0 Å². The molecule has 0 aromatic heterocycles. The smallest absolute Gasteiger partial charge is 0.00683 e. The van der Waals surface area contributed by atoms with Gasteiger partial charge in [-0.05, 0) is 38.6 Å². The van der Waals surface area contributed by atoms with Gasteiger partial charge in [0.2, 0.25) is 0 Å². The first-order valence-electron chi connectivity index (χ1n) is 7.82. The summed E-state index contributed by atoms with van der Waals surface area (Å²) in [6.07, 6.45) is 20.0. The lowest BCUT2D eigenvalue weighted by Gasteiger charge is -1.99. The first kappa shape index (κ1) is 14.8. The highest BCUT2D eigenvalue weighted by Crippen LogP contribution is 2.18. The molecule has 100 valence electrons. The largest absolute Gasteiger partial charge is 0.314 e. The Balaban J connectivity index is 1.69. The van der Waals surface area contributed by atoms with Gasteiger partial charge < -0.3 is 5.32 Å². The number of allylic oxidation sites excluding steroid dienone is 1. The average molecular weight is 237 g/mol. The third-order valence-corrected chi connectivity index (χ3v) is 3.46. The van der Waals surface area contributed by atoms with E-state index in [2.05, 4.69) is 24.4 Å². The van der Waals surface area contributed by atoms with E-state index < -0.39 is 0 Å².